The van der Waals surface area contributed by atoms with Crippen LogP contribution in [0.3, 0.4) is 0 Å². The summed E-state index contributed by atoms with van der Waals surface area (Å²) < 4.78 is 5.55. The molecule has 0 spiro atoms. The van der Waals surface area contributed by atoms with E-state index in [1.54, 1.807) is 7.11 Å². The van der Waals surface area contributed by atoms with E-state index in [2.05, 4.69) is 49.6 Å². The highest BCUT2D eigenvalue weighted by Gasteiger charge is 2.44. The van der Waals surface area contributed by atoms with E-state index in [1.807, 2.05) is 6.07 Å². The highest BCUT2D eigenvalue weighted by Crippen LogP contribution is 2.45. The molecule has 1 atom stereocenters. The van der Waals surface area contributed by atoms with Gasteiger partial charge in [0.15, 0.2) is 0 Å². The van der Waals surface area contributed by atoms with Gasteiger partial charge in [-0.2, -0.15) is 0 Å². The average Bonchev–Trinajstić information content (AvgIpc) is 2.91. The molecule has 0 aromatic heterocycles. The van der Waals surface area contributed by atoms with Crippen LogP contribution in [0.1, 0.15) is 37.3 Å². The Hall–Kier alpha value is -1.06. The Morgan fingerprint density at radius 3 is 2.37 bits per heavy atom. The topological polar surface area (TPSA) is 24.5 Å². The van der Waals surface area contributed by atoms with Crippen LogP contribution in [0.2, 0.25) is 0 Å². The quantitative estimate of drug-likeness (QED) is 0.883. The highest BCUT2D eigenvalue weighted by atomic mass is 16.5. The number of benzene rings is 1. The molecule has 0 aliphatic heterocycles. The van der Waals surface area contributed by atoms with Crippen molar-refractivity contribution in [1.29, 1.82) is 0 Å². The molecule has 0 amide bonds. The molecule has 1 aliphatic carbocycles. The molecular formula is C16H26N2O. The Bertz CT molecular complexity index is 411. The van der Waals surface area contributed by atoms with Gasteiger partial charge in [-0.15, -0.1) is 0 Å². The van der Waals surface area contributed by atoms with E-state index in [9.17, 15) is 0 Å². The smallest absolute Gasteiger partial charge is 0.123 e. The third-order valence-corrected chi connectivity index (χ3v) is 4.64. The van der Waals surface area contributed by atoms with Crippen LogP contribution in [-0.4, -0.2) is 38.7 Å². The van der Waals surface area contributed by atoms with Crippen molar-refractivity contribution in [2.45, 2.75) is 37.3 Å². The third kappa shape index (κ3) is 2.49. The van der Waals surface area contributed by atoms with Crippen LogP contribution in [0.5, 0.6) is 5.75 Å². The lowest BCUT2D eigenvalue weighted by Gasteiger charge is -2.43. The SMILES string of the molecule is CNC(c1ccccc1OC)C1(N(C)C)CCCC1. The summed E-state index contributed by atoms with van der Waals surface area (Å²) in [6, 6.07) is 8.68. The first-order valence-corrected chi connectivity index (χ1v) is 7.13. The molecule has 0 heterocycles. The summed E-state index contributed by atoms with van der Waals surface area (Å²) in [5, 5.41) is 3.54. The lowest BCUT2D eigenvalue weighted by atomic mass is 9.82. The monoisotopic (exact) mass is 262 g/mol. The molecule has 106 valence electrons. The first kappa shape index (κ1) is 14.4. The van der Waals surface area contributed by atoms with Crippen molar-refractivity contribution < 1.29 is 4.74 Å². The molecule has 1 N–H and O–H groups in total. The van der Waals surface area contributed by atoms with Gasteiger partial charge in [0.05, 0.1) is 13.2 Å². The fourth-order valence-electron chi connectivity index (χ4n) is 3.60. The van der Waals surface area contributed by atoms with Crippen LogP contribution in [0.15, 0.2) is 24.3 Å². The maximum absolute atomic E-state index is 5.55. The summed E-state index contributed by atoms with van der Waals surface area (Å²) >= 11 is 0. The number of methoxy groups -OCH3 is 1. The van der Waals surface area contributed by atoms with Crippen LogP contribution < -0.4 is 10.1 Å². The normalized spacial score (nSPS) is 19.6. The second-order valence-corrected chi connectivity index (χ2v) is 5.67. The first-order chi connectivity index (χ1) is 9.15. The summed E-state index contributed by atoms with van der Waals surface area (Å²) in [6.45, 7) is 0. The van der Waals surface area contributed by atoms with Gasteiger partial charge >= 0.3 is 0 Å². The van der Waals surface area contributed by atoms with E-state index in [1.165, 1.54) is 31.2 Å². The van der Waals surface area contributed by atoms with Crippen LogP contribution in [0.4, 0.5) is 0 Å². The summed E-state index contributed by atoms with van der Waals surface area (Å²) in [7, 11) is 8.21. The Labute approximate surface area is 116 Å². The molecule has 1 unspecified atom stereocenters. The average molecular weight is 262 g/mol. The van der Waals surface area contributed by atoms with Gasteiger partial charge in [0.25, 0.3) is 0 Å². The molecule has 1 aromatic rings. The second-order valence-electron chi connectivity index (χ2n) is 5.67. The Morgan fingerprint density at radius 2 is 1.84 bits per heavy atom. The van der Waals surface area contributed by atoms with Crippen molar-refractivity contribution in [3.8, 4) is 5.75 Å². The molecule has 2 rings (SSSR count). The van der Waals surface area contributed by atoms with Crippen molar-refractivity contribution in [2.75, 3.05) is 28.3 Å². The molecule has 1 aliphatic rings. The Balaban J connectivity index is 2.43. The molecule has 1 aromatic carbocycles. The summed E-state index contributed by atoms with van der Waals surface area (Å²) in [5.41, 5.74) is 1.46. The van der Waals surface area contributed by atoms with Crippen molar-refractivity contribution >= 4 is 0 Å². The van der Waals surface area contributed by atoms with Gasteiger partial charge in [0.2, 0.25) is 0 Å². The summed E-state index contributed by atoms with van der Waals surface area (Å²) in [4.78, 5) is 2.40. The van der Waals surface area contributed by atoms with E-state index in [4.69, 9.17) is 4.74 Å². The van der Waals surface area contributed by atoms with Crippen molar-refractivity contribution in [2.24, 2.45) is 0 Å². The fraction of sp³-hybridized carbons (Fsp3) is 0.625. The minimum atomic E-state index is 0.198. The molecule has 0 bridgehead atoms. The molecule has 1 fully saturated rings. The summed E-state index contributed by atoms with van der Waals surface area (Å²) in [6.07, 6.45) is 5.10. The van der Waals surface area contributed by atoms with Crippen molar-refractivity contribution in [3.05, 3.63) is 29.8 Å². The lowest BCUT2D eigenvalue weighted by Crippen LogP contribution is -2.51. The number of nitrogens with zero attached hydrogens (tertiary/aromatic N) is 1. The van der Waals surface area contributed by atoms with E-state index in [-0.39, 0.29) is 5.54 Å². The first-order valence-electron chi connectivity index (χ1n) is 7.13. The van der Waals surface area contributed by atoms with Crippen LogP contribution in [0, 0.1) is 0 Å². The second kappa shape index (κ2) is 5.93. The minimum Gasteiger partial charge on any atom is -0.496 e. The van der Waals surface area contributed by atoms with Gasteiger partial charge < -0.3 is 15.0 Å². The molecule has 19 heavy (non-hydrogen) atoms. The number of rotatable bonds is 5. The Morgan fingerprint density at radius 1 is 1.21 bits per heavy atom. The standard InChI is InChI=1S/C16H26N2O/c1-17-15(13-9-5-6-10-14(13)19-4)16(18(2)3)11-7-8-12-16/h5-6,9-10,15,17H,7-8,11-12H2,1-4H3. The van der Waals surface area contributed by atoms with Crippen LogP contribution in [0.25, 0.3) is 0 Å². The third-order valence-electron chi connectivity index (χ3n) is 4.64. The molecule has 0 saturated heterocycles. The largest absolute Gasteiger partial charge is 0.496 e. The van der Waals surface area contributed by atoms with Gasteiger partial charge in [-0.3, -0.25) is 0 Å². The number of likely N-dealkylation sites (N-methyl/N-ethyl adjacent to an activating group) is 2. The van der Waals surface area contributed by atoms with E-state index in [0.717, 1.165) is 5.75 Å². The zero-order valence-corrected chi connectivity index (χ0v) is 12.6. The number of ether oxygens (including phenoxy) is 1. The number of hydrogen-bond donors (Lipinski definition) is 1. The van der Waals surface area contributed by atoms with Crippen molar-refractivity contribution in [3.63, 3.8) is 0 Å². The molecular weight excluding hydrogens is 236 g/mol. The van der Waals surface area contributed by atoms with E-state index < -0.39 is 0 Å². The molecule has 0 radical (unpaired) electrons. The molecule has 1 saturated carbocycles. The Kier molecular flexibility index (Phi) is 4.48. The maximum atomic E-state index is 5.55. The van der Waals surface area contributed by atoms with Gasteiger partial charge in [-0.25, -0.2) is 0 Å². The minimum absolute atomic E-state index is 0.198. The predicted octanol–water partition coefficient (Wildman–Crippen LogP) is 2.83. The van der Waals surface area contributed by atoms with Crippen LogP contribution >= 0.6 is 0 Å². The highest BCUT2D eigenvalue weighted by molar-refractivity contribution is 5.38. The van der Waals surface area contributed by atoms with Crippen LogP contribution in [-0.2, 0) is 0 Å². The van der Waals surface area contributed by atoms with Gasteiger partial charge in [0, 0.05) is 11.1 Å². The molecule has 3 heteroatoms. The van der Waals surface area contributed by atoms with Gasteiger partial charge in [-0.05, 0) is 40.1 Å². The number of para-hydroxylation sites is 1. The summed E-state index contributed by atoms with van der Waals surface area (Å²) in [5.74, 6) is 0.981. The fourth-order valence-corrected chi connectivity index (χ4v) is 3.60. The zero-order chi connectivity index (χ0) is 13.9. The lowest BCUT2D eigenvalue weighted by molar-refractivity contribution is 0.107. The van der Waals surface area contributed by atoms with Gasteiger partial charge in [-0.1, -0.05) is 31.0 Å². The molecule has 3 nitrogen and oxygen atoms in total. The van der Waals surface area contributed by atoms with E-state index in [0.29, 0.717) is 6.04 Å². The van der Waals surface area contributed by atoms with Gasteiger partial charge in [0.1, 0.15) is 5.75 Å². The predicted molar refractivity (Wildman–Crippen MR) is 79.7 cm³/mol. The number of hydrogen-bond acceptors (Lipinski definition) is 3. The number of nitrogens with one attached hydrogen (secondary N) is 1. The zero-order valence-electron chi connectivity index (χ0n) is 12.6. The van der Waals surface area contributed by atoms with E-state index >= 15 is 0 Å². The maximum Gasteiger partial charge on any atom is 0.123 e. The van der Waals surface area contributed by atoms with Crippen molar-refractivity contribution in [1.82, 2.24) is 10.2 Å².